The van der Waals surface area contributed by atoms with E-state index in [-0.39, 0.29) is 0 Å². The summed E-state index contributed by atoms with van der Waals surface area (Å²) in [5.41, 5.74) is 0. The molecule has 1 aromatic rings. The fourth-order valence-electron chi connectivity index (χ4n) is 1.30. The third-order valence-electron chi connectivity index (χ3n) is 2.13. The van der Waals surface area contributed by atoms with Gasteiger partial charge in [-0.2, -0.15) is 5.10 Å². The van der Waals surface area contributed by atoms with Gasteiger partial charge in [-0.05, 0) is 19.4 Å². The summed E-state index contributed by atoms with van der Waals surface area (Å²) in [5.74, 6) is 1.05. The highest BCUT2D eigenvalue weighted by atomic mass is 15.3. The van der Waals surface area contributed by atoms with Crippen LogP contribution in [0.3, 0.4) is 0 Å². The second-order valence-electron chi connectivity index (χ2n) is 3.43. The van der Waals surface area contributed by atoms with E-state index in [0.29, 0.717) is 0 Å². The van der Waals surface area contributed by atoms with E-state index in [1.807, 2.05) is 4.68 Å². The molecule has 0 aliphatic rings. The van der Waals surface area contributed by atoms with E-state index < -0.39 is 0 Å². The second-order valence-corrected chi connectivity index (χ2v) is 3.43. The average Bonchev–Trinajstić information content (AvgIpc) is 2.63. The van der Waals surface area contributed by atoms with Gasteiger partial charge in [-0.1, -0.05) is 20.3 Å². The lowest BCUT2D eigenvalue weighted by Crippen LogP contribution is -2.18. The van der Waals surface area contributed by atoms with Crippen LogP contribution in [-0.2, 0) is 13.1 Å². The molecule has 0 aliphatic carbocycles. The Morgan fingerprint density at radius 1 is 1.36 bits per heavy atom. The van der Waals surface area contributed by atoms with Gasteiger partial charge in [-0.25, -0.2) is 9.67 Å². The van der Waals surface area contributed by atoms with Gasteiger partial charge in [0.1, 0.15) is 12.2 Å². The minimum atomic E-state index is 0.831. The van der Waals surface area contributed by atoms with E-state index in [9.17, 15) is 0 Å². The summed E-state index contributed by atoms with van der Waals surface area (Å²) in [4.78, 5) is 4.23. The van der Waals surface area contributed by atoms with E-state index >= 15 is 0 Å². The number of nitrogens with one attached hydrogen (secondary N) is 1. The number of aryl methyl sites for hydroxylation is 1. The molecule has 0 atom stereocenters. The highest BCUT2D eigenvalue weighted by molar-refractivity contribution is 4.83. The van der Waals surface area contributed by atoms with Crippen LogP contribution in [0.25, 0.3) is 0 Å². The Morgan fingerprint density at radius 2 is 2.21 bits per heavy atom. The van der Waals surface area contributed by atoms with Crippen LogP contribution in [-0.4, -0.2) is 21.3 Å². The van der Waals surface area contributed by atoms with Crippen molar-refractivity contribution in [3.05, 3.63) is 12.2 Å². The van der Waals surface area contributed by atoms with E-state index in [2.05, 4.69) is 29.2 Å². The lowest BCUT2D eigenvalue weighted by molar-refractivity contribution is 0.524. The normalized spacial score (nSPS) is 10.7. The highest BCUT2D eigenvalue weighted by Gasteiger charge is 2.01. The minimum absolute atomic E-state index is 0.831. The zero-order valence-electron chi connectivity index (χ0n) is 9.16. The summed E-state index contributed by atoms with van der Waals surface area (Å²) < 4.78 is 1.99. The molecule has 1 aromatic heterocycles. The first-order valence-corrected chi connectivity index (χ1v) is 5.45. The topological polar surface area (TPSA) is 42.7 Å². The molecule has 1 heterocycles. The summed E-state index contributed by atoms with van der Waals surface area (Å²) in [6.07, 6.45) is 5.16. The molecule has 1 N–H and O–H groups in total. The van der Waals surface area contributed by atoms with Crippen LogP contribution in [0, 0.1) is 0 Å². The predicted molar refractivity (Wildman–Crippen MR) is 56.9 cm³/mol. The number of aromatic nitrogens is 3. The van der Waals surface area contributed by atoms with E-state index in [1.165, 1.54) is 12.8 Å². The van der Waals surface area contributed by atoms with Gasteiger partial charge >= 0.3 is 0 Å². The van der Waals surface area contributed by atoms with Crippen molar-refractivity contribution in [2.75, 3.05) is 6.54 Å². The largest absolute Gasteiger partial charge is 0.310 e. The molecule has 0 amide bonds. The van der Waals surface area contributed by atoms with Crippen molar-refractivity contribution in [3.8, 4) is 0 Å². The van der Waals surface area contributed by atoms with Crippen molar-refractivity contribution in [2.24, 2.45) is 0 Å². The van der Waals surface area contributed by atoms with Crippen molar-refractivity contribution in [1.82, 2.24) is 20.1 Å². The Hall–Kier alpha value is -0.900. The molecule has 14 heavy (non-hydrogen) atoms. The van der Waals surface area contributed by atoms with Crippen molar-refractivity contribution in [3.63, 3.8) is 0 Å². The average molecular weight is 196 g/mol. The minimum Gasteiger partial charge on any atom is -0.310 e. The van der Waals surface area contributed by atoms with Crippen molar-refractivity contribution >= 4 is 0 Å². The predicted octanol–water partition coefficient (Wildman–Crippen LogP) is 1.58. The molecule has 0 aromatic carbocycles. The van der Waals surface area contributed by atoms with Gasteiger partial charge in [-0.15, -0.1) is 0 Å². The van der Waals surface area contributed by atoms with Crippen LogP contribution < -0.4 is 5.32 Å². The van der Waals surface area contributed by atoms with Crippen molar-refractivity contribution in [1.29, 1.82) is 0 Å². The monoisotopic (exact) mass is 196 g/mol. The summed E-state index contributed by atoms with van der Waals surface area (Å²) in [7, 11) is 0. The number of hydrogen-bond donors (Lipinski definition) is 1. The van der Waals surface area contributed by atoms with Gasteiger partial charge in [0.05, 0.1) is 6.54 Å². The van der Waals surface area contributed by atoms with Gasteiger partial charge in [-0.3, -0.25) is 0 Å². The lowest BCUT2D eigenvalue weighted by atomic mass is 10.3. The molecular formula is C10H20N4. The van der Waals surface area contributed by atoms with E-state index in [1.54, 1.807) is 6.33 Å². The Morgan fingerprint density at radius 3 is 2.93 bits per heavy atom. The first-order valence-electron chi connectivity index (χ1n) is 5.45. The van der Waals surface area contributed by atoms with Gasteiger partial charge < -0.3 is 5.32 Å². The van der Waals surface area contributed by atoms with E-state index in [4.69, 9.17) is 0 Å². The SMILES string of the molecule is CCCCn1ncnc1CNCCC. The molecule has 0 saturated heterocycles. The summed E-state index contributed by atoms with van der Waals surface area (Å²) in [6, 6.07) is 0. The fourth-order valence-corrected chi connectivity index (χ4v) is 1.30. The van der Waals surface area contributed by atoms with Crippen molar-refractivity contribution in [2.45, 2.75) is 46.2 Å². The molecule has 0 aliphatic heterocycles. The van der Waals surface area contributed by atoms with Crippen LogP contribution in [0.1, 0.15) is 38.9 Å². The Kier molecular flexibility index (Phi) is 5.22. The molecular weight excluding hydrogens is 176 g/mol. The van der Waals surface area contributed by atoms with E-state index in [0.717, 1.165) is 31.9 Å². The highest BCUT2D eigenvalue weighted by Crippen LogP contribution is 1.97. The molecule has 0 bridgehead atoms. The van der Waals surface area contributed by atoms with Gasteiger partial charge in [0.15, 0.2) is 0 Å². The Bertz CT molecular complexity index is 244. The third kappa shape index (κ3) is 3.46. The van der Waals surface area contributed by atoms with Gasteiger partial charge in [0, 0.05) is 6.54 Å². The summed E-state index contributed by atoms with van der Waals surface area (Å²) in [6.45, 7) is 7.21. The molecule has 0 saturated carbocycles. The number of hydrogen-bond acceptors (Lipinski definition) is 3. The number of rotatable bonds is 7. The smallest absolute Gasteiger partial charge is 0.140 e. The fraction of sp³-hybridized carbons (Fsp3) is 0.800. The Labute approximate surface area is 85.7 Å². The first kappa shape index (κ1) is 11.2. The molecule has 0 radical (unpaired) electrons. The lowest BCUT2D eigenvalue weighted by Gasteiger charge is -2.05. The van der Waals surface area contributed by atoms with Gasteiger partial charge in [0.2, 0.25) is 0 Å². The number of unbranched alkanes of at least 4 members (excludes halogenated alkanes) is 1. The molecule has 0 unspecified atom stereocenters. The van der Waals surface area contributed by atoms with Crippen LogP contribution in [0.2, 0.25) is 0 Å². The van der Waals surface area contributed by atoms with Crippen LogP contribution in [0.4, 0.5) is 0 Å². The summed E-state index contributed by atoms with van der Waals surface area (Å²) >= 11 is 0. The quantitative estimate of drug-likeness (QED) is 0.673. The van der Waals surface area contributed by atoms with Crippen LogP contribution in [0.5, 0.6) is 0 Å². The maximum absolute atomic E-state index is 4.23. The molecule has 4 nitrogen and oxygen atoms in total. The molecule has 80 valence electrons. The molecule has 4 heteroatoms. The zero-order valence-corrected chi connectivity index (χ0v) is 9.16. The van der Waals surface area contributed by atoms with Crippen molar-refractivity contribution < 1.29 is 0 Å². The summed E-state index contributed by atoms with van der Waals surface area (Å²) in [5, 5.41) is 7.53. The van der Waals surface area contributed by atoms with Crippen LogP contribution in [0.15, 0.2) is 6.33 Å². The maximum atomic E-state index is 4.23. The third-order valence-corrected chi connectivity index (χ3v) is 2.13. The zero-order chi connectivity index (χ0) is 10.2. The Balaban J connectivity index is 2.37. The molecule has 0 spiro atoms. The maximum Gasteiger partial charge on any atom is 0.140 e. The second kappa shape index (κ2) is 6.54. The van der Waals surface area contributed by atoms with Crippen LogP contribution >= 0.6 is 0 Å². The molecule has 1 rings (SSSR count). The number of nitrogens with zero attached hydrogens (tertiary/aromatic N) is 3. The first-order chi connectivity index (χ1) is 6.88. The van der Waals surface area contributed by atoms with Gasteiger partial charge in [0.25, 0.3) is 0 Å². The standard InChI is InChI=1S/C10H20N4/c1-3-5-7-14-10(12-9-13-14)8-11-6-4-2/h9,11H,3-8H2,1-2H3. The molecule has 0 fully saturated rings.